The van der Waals surface area contributed by atoms with Gasteiger partial charge < -0.3 is 0 Å². The average molecular weight is 457 g/mol. The topological polar surface area (TPSA) is 17.1 Å². The summed E-state index contributed by atoms with van der Waals surface area (Å²) in [5, 5.41) is 0. The number of hydrogen-bond donors (Lipinski definition) is 0. The van der Waals surface area contributed by atoms with Gasteiger partial charge in [0.2, 0.25) is 0 Å². The van der Waals surface area contributed by atoms with Gasteiger partial charge in [0, 0.05) is 0 Å². The van der Waals surface area contributed by atoms with Crippen molar-refractivity contribution >= 4 is 24.2 Å². The Hall–Kier alpha value is 0.209. The summed E-state index contributed by atoms with van der Waals surface area (Å²) in [6, 6.07) is 0. The van der Waals surface area contributed by atoms with Crippen LogP contribution in [0.4, 0.5) is 0 Å². The Labute approximate surface area is 163 Å². The third-order valence-electron chi connectivity index (χ3n) is 5.43. The fourth-order valence-electron chi connectivity index (χ4n) is 3.73. The zero-order valence-electron chi connectivity index (χ0n) is 18.5. The molecule has 0 heterocycles. The summed E-state index contributed by atoms with van der Waals surface area (Å²) in [6.07, 6.45) is 13.8. The number of hydrogen-bond acceptors (Lipinski definition) is 1. The second-order valence-corrected chi connectivity index (χ2v) is 22.1. The van der Waals surface area contributed by atoms with Crippen LogP contribution >= 0.6 is 0 Å². The van der Waals surface area contributed by atoms with Gasteiger partial charge in [0.15, 0.2) is 0 Å². The minimum atomic E-state index is -2.63. The quantitative estimate of drug-likeness (QED) is 0.146. The van der Waals surface area contributed by atoms with Crippen LogP contribution in [0.3, 0.4) is 0 Å². The average Bonchev–Trinajstić information content (AvgIpc) is 2.57. The summed E-state index contributed by atoms with van der Waals surface area (Å²) < 4.78 is 5.58. The predicted octanol–water partition coefficient (Wildman–Crippen LogP) is 8.11. The van der Waals surface area contributed by atoms with Gasteiger partial charge in [0.05, 0.1) is 0 Å². The van der Waals surface area contributed by atoms with Crippen LogP contribution in [-0.2, 0) is 4.79 Å². The van der Waals surface area contributed by atoms with E-state index in [-0.39, 0.29) is 5.41 Å². The molecule has 0 aliphatic heterocycles. The molecule has 0 saturated heterocycles. The molecule has 2 heteroatoms. The maximum atomic E-state index is 13.5. The van der Waals surface area contributed by atoms with Gasteiger partial charge in [-0.05, 0) is 0 Å². The molecule has 148 valence electrons. The molecular formula is C23H46OSn. The van der Waals surface area contributed by atoms with E-state index < -0.39 is 18.4 Å². The zero-order chi connectivity index (χ0) is 19.3. The van der Waals surface area contributed by atoms with Gasteiger partial charge in [-0.1, -0.05) is 0 Å². The molecule has 0 fully saturated rings. The van der Waals surface area contributed by atoms with Crippen molar-refractivity contribution in [3.63, 3.8) is 0 Å². The van der Waals surface area contributed by atoms with Crippen LogP contribution in [0.25, 0.3) is 0 Å². The number of Topliss-reactive ketones (excluding diaryl/α,β-unsaturated/α-hetero) is 1. The molecule has 0 radical (unpaired) electrons. The molecule has 0 aliphatic rings. The summed E-state index contributed by atoms with van der Waals surface area (Å²) in [4.78, 5) is 13.5. The second-order valence-electron chi connectivity index (χ2n) is 8.93. The van der Waals surface area contributed by atoms with Crippen LogP contribution in [0.5, 0.6) is 0 Å². The Morgan fingerprint density at radius 2 is 1.16 bits per heavy atom. The molecule has 0 saturated carbocycles. The van der Waals surface area contributed by atoms with Crippen molar-refractivity contribution in [1.29, 1.82) is 0 Å². The normalized spacial score (nSPS) is 13.3. The Morgan fingerprint density at radius 1 is 0.760 bits per heavy atom. The van der Waals surface area contributed by atoms with Gasteiger partial charge in [0.25, 0.3) is 0 Å². The van der Waals surface area contributed by atoms with Gasteiger partial charge in [-0.2, -0.15) is 0 Å². The Kier molecular flexibility index (Phi) is 13.5. The van der Waals surface area contributed by atoms with E-state index in [0.717, 1.165) is 6.42 Å². The first-order chi connectivity index (χ1) is 11.8. The summed E-state index contributed by atoms with van der Waals surface area (Å²) in [6.45, 7) is 15.5. The molecule has 0 amide bonds. The Balaban J connectivity index is 5.95. The Morgan fingerprint density at radius 3 is 1.48 bits per heavy atom. The summed E-state index contributed by atoms with van der Waals surface area (Å²) in [5.74, 6) is 0.489. The number of carbonyl (C=O) groups excluding carboxylic acids is 1. The molecule has 0 rings (SSSR count). The van der Waals surface area contributed by atoms with E-state index in [1.807, 2.05) is 0 Å². The van der Waals surface area contributed by atoms with E-state index in [9.17, 15) is 4.79 Å². The van der Waals surface area contributed by atoms with Crippen molar-refractivity contribution in [2.75, 3.05) is 0 Å². The minimum absolute atomic E-state index is 0.231. The fraction of sp³-hybridized carbons (Fsp3) is 0.870. The van der Waals surface area contributed by atoms with Crippen LogP contribution in [0.2, 0.25) is 13.3 Å². The number of carbonyl (C=O) groups is 1. The third kappa shape index (κ3) is 9.11. The van der Waals surface area contributed by atoms with Gasteiger partial charge in [-0.3, -0.25) is 0 Å². The van der Waals surface area contributed by atoms with E-state index in [1.165, 1.54) is 68.3 Å². The fourth-order valence-corrected chi connectivity index (χ4v) is 21.1. The molecule has 0 atom stereocenters. The molecule has 0 aromatic heterocycles. The molecule has 1 nitrogen and oxygen atoms in total. The molecule has 0 spiro atoms. The summed E-state index contributed by atoms with van der Waals surface area (Å²) in [7, 11) is 0. The molecule has 0 N–H and O–H groups in total. The molecule has 25 heavy (non-hydrogen) atoms. The summed E-state index contributed by atoms with van der Waals surface area (Å²) in [5.41, 5.74) is -0.231. The molecule has 0 unspecified atom stereocenters. The van der Waals surface area contributed by atoms with E-state index >= 15 is 0 Å². The van der Waals surface area contributed by atoms with Gasteiger partial charge >= 0.3 is 164 Å². The van der Waals surface area contributed by atoms with Crippen LogP contribution in [0, 0.1) is 5.41 Å². The standard InChI is InChI=1S/C11H19O.3C4H9.Sn/c1-5-6-7-8-9-10(12)11(2,3)4;3*1-3-4-2;/h8H,5-7H2,1-4H3;3*1,3-4H2,2H3;. The maximum absolute atomic E-state index is 13.5. The van der Waals surface area contributed by atoms with Crippen LogP contribution in [-0.4, -0.2) is 24.2 Å². The SMILES string of the molecule is CCCC/C=[C](/C(=O)C(C)(C)C)[Sn]([CH2]CCC)([CH2]CCC)[CH2]CCC. The van der Waals surface area contributed by atoms with E-state index in [4.69, 9.17) is 0 Å². The van der Waals surface area contributed by atoms with E-state index in [1.54, 1.807) is 0 Å². The van der Waals surface area contributed by atoms with Crippen molar-refractivity contribution < 1.29 is 4.79 Å². The molecule has 0 aromatic rings. The van der Waals surface area contributed by atoms with Crippen LogP contribution in [0.15, 0.2) is 9.67 Å². The monoisotopic (exact) mass is 458 g/mol. The number of unbranched alkanes of at least 4 members (excludes halogenated alkanes) is 5. The van der Waals surface area contributed by atoms with Gasteiger partial charge in [0.1, 0.15) is 0 Å². The van der Waals surface area contributed by atoms with Crippen molar-refractivity contribution in [2.24, 2.45) is 5.41 Å². The molecule has 0 aromatic carbocycles. The van der Waals surface area contributed by atoms with E-state index in [2.05, 4.69) is 54.5 Å². The van der Waals surface area contributed by atoms with Crippen molar-refractivity contribution in [2.45, 2.75) is 120 Å². The van der Waals surface area contributed by atoms with Gasteiger partial charge in [-0.25, -0.2) is 0 Å². The number of ketones is 1. The van der Waals surface area contributed by atoms with E-state index in [0.29, 0.717) is 5.78 Å². The first-order valence-electron chi connectivity index (χ1n) is 11.0. The number of allylic oxidation sites excluding steroid dienone is 2. The van der Waals surface area contributed by atoms with Crippen molar-refractivity contribution in [1.82, 2.24) is 0 Å². The van der Waals surface area contributed by atoms with Gasteiger partial charge in [-0.15, -0.1) is 0 Å². The van der Waals surface area contributed by atoms with Crippen LogP contribution < -0.4 is 0 Å². The van der Waals surface area contributed by atoms with Crippen molar-refractivity contribution in [3.8, 4) is 0 Å². The first-order valence-corrected chi connectivity index (χ1v) is 18.5. The summed E-state index contributed by atoms with van der Waals surface area (Å²) >= 11 is -2.63. The third-order valence-corrected chi connectivity index (χ3v) is 21.1. The zero-order valence-corrected chi connectivity index (χ0v) is 21.3. The predicted molar refractivity (Wildman–Crippen MR) is 117 cm³/mol. The first kappa shape index (κ1) is 25.2. The second kappa shape index (κ2) is 13.4. The van der Waals surface area contributed by atoms with Crippen LogP contribution in [0.1, 0.15) is 106 Å². The molecule has 0 aliphatic carbocycles. The Bertz CT molecular complexity index is 368. The molecule has 0 bridgehead atoms. The van der Waals surface area contributed by atoms with Crippen molar-refractivity contribution in [3.05, 3.63) is 9.67 Å². The number of rotatable bonds is 14. The molecular weight excluding hydrogens is 411 g/mol.